The fourth-order valence-electron chi connectivity index (χ4n) is 3.51. The van der Waals surface area contributed by atoms with Crippen LogP contribution < -0.4 is 0 Å². The largest absolute Gasteiger partial charge is 0.0651 e. The van der Waals surface area contributed by atoms with E-state index in [1.807, 2.05) is 0 Å². The highest BCUT2D eigenvalue weighted by Gasteiger charge is 2.38. The molecule has 2 fully saturated rings. The fraction of sp³-hybridized carbons (Fsp3) is 1.00. The molecule has 0 saturated heterocycles. The first-order valence-electron chi connectivity index (χ1n) is 5.81. The Morgan fingerprint density at radius 3 is 2.50 bits per heavy atom. The third-order valence-corrected chi connectivity index (χ3v) is 4.26. The molecular formula is C12H22. The molecule has 0 aromatic heterocycles. The lowest BCUT2D eigenvalue weighted by molar-refractivity contribution is 0.108. The smallest absolute Gasteiger partial charge is 0.0357 e. The summed E-state index contributed by atoms with van der Waals surface area (Å²) in [7, 11) is 0. The van der Waals surface area contributed by atoms with Gasteiger partial charge in [-0.1, -0.05) is 33.1 Å². The van der Waals surface area contributed by atoms with Crippen molar-refractivity contribution in [1.29, 1.82) is 0 Å². The molecule has 0 radical (unpaired) electrons. The monoisotopic (exact) mass is 166 g/mol. The van der Waals surface area contributed by atoms with E-state index < -0.39 is 0 Å². The molecule has 2 atom stereocenters. The second-order valence-corrected chi connectivity index (χ2v) is 5.10. The molecular weight excluding hydrogens is 144 g/mol. The second kappa shape index (κ2) is 3.40. The Kier molecular flexibility index (Phi) is 2.43. The first-order valence-corrected chi connectivity index (χ1v) is 5.81. The normalized spacial score (nSPS) is 47.5. The van der Waals surface area contributed by atoms with Crippen molar-refractivity contribution < 1.29 is 0 Å². The predicted molar refractivity (Wildman–Crippen MR) is 53.0 cm³/mol. The molecule has 0 nitrogen and oxygen atoms in total. The molecule has 0 heterocycles. The van der Waals surface area contributed by atoms with Crippen molar-refractivity contribution in [2.24, 2.45) is 23.7 Å². The van der Waals surface area contributed by atoms with E-state index in [2.05, 4.69) is 13.8 Å². The van der Waals surface area contributed by atoms with Gasteiger partial charge in [0.2, 0.25) is 0 Å². The average Bonchev–Trinajstić information content (AvgIpc) is 2.45. The Morgan fingerprint density at radius 2 is 1.92 bits per heavy atom. The van der Waals surface area contributed by atoms with Crippen LogP contribution in [-0.4, -0.2) is 0 Å². The van der Waals surface area contributed by atoms with Gasteiger partial charge in [-0.3, -0.25) is 0 Å². The Balaban J connectivity index is 1.86. The zero-order chi connectivity index (χ0) is 8.55. The third-order valence-electron chi connectivity index (χ3n) is 4.26. The summed E-state index contributed by atoms with van der Waals surface area (Å²) in [6, 6.07) is 0. The Labute approximate surface area is 76.7 Å². The minimum atomic E-state index is 1.05. The van der Waals surface area contributed by atoms with Crippen LogP contribution in [-0.2, 0) is 0 Å². The lowest BCUT2D eigenvalue weighted by atomic mass is 9.66. The first-order chi connectivity index (χ1) is 5.81. The maximum absolute atomic E-state index is 2.41. The summed E-state index contributed by atoms with van der Waals surface area (Å²) in [5.41, 5.74) is 0. The lowest BCUT2D eigenvalue weighted by Crippen LogP contribution is -2.30. The molecule has 2 unspecified atom stereocenters. The van der Waals surface area contributed by atoms with Crippen LogP contribution in [0.1, 0.15) is 52.4 Å². The predicted octanol–water partition coefficient (Wildman–Crippen LogP) is 3.86. The van der Waals surface area contributed by atoms with E-state index in [0.29, 0.717) is 0 Å². The van der Waals surface area contributed by atoms with Crippen LogP contribution in [0.2, 0.25) is 0 Å². The van der Waals surface area contributed by atoms with Crippen LogP contribution in [0.25, 0.3) is 0 Å². The van der Waals surface area contributed by atoms with Crippen LogP contribution >= 0.6 is 0 Å². The van der Waals surface area contributed by atoms with Gasteiger partial charge in [-0.25, -0.2) is 0 Å². The molecule has 0 aromatic carbocycles. The minimum absolute atomic E-state index is 1.05. The van der Waals surface area contributed by atoms with Crippen LogP contribution in [0.15, 0.2) is 0 Å². The summed E-state index contributed by atoms with van der Waals surface area (Å²) in [5, 5.41) is 0. The zero-order valence-corrected chi connectivity index (χ0v) is 8.55. The Morgan fingerprint density at radius 1 is 1.17 bits per heavy atom. The van der Waals surface area contributed by atoms with E-state index >= 15 is 0 Å². The Hall–Kier alpha value is 0. The standard InChI is InChI=1S/C12H22/c1-3-10-5-4-6-12(10)11-7-9(2)8-11/h9-12H,3-8H2,1-2H3. The molecule has 0 aromatic rings. The highest BCUT2D eigenvalue weighted by molar-refractivity contribution is 4.88. The van der Waals surface area contributed by atoms with Crippen LogP contribution in [0.3, 0.4) is 0 Å². The molecule has 2 rings (SSSR count). The van der Waals surface area contributed by atoms with Gasteiger partial charge >= 0.3 is 0 Å². The maximum Gasteiger partial charge on any atom is -0.0357 e. The SMILES string of the molecule is CCC1CCCC1C1CC(C)C1. The van der Waals surface area contributed by atoms with Gasteiger partial charge in [0, 0.05) is 0 Å². The van der Waals surface area contributed by atoms with E-state index in [1.54, 1.807) is 19.3 Å². The minimum Gasteiger partial charge on any atom is -0.0651 e. The molecule has 0 N–H and O–H groups in total. The van der Waals surface area contributed by atoms with Gasteiger partial charge in [0.25, 0.3) is 0 Å². The lowest BCUT2D eigenvalue weighted by Gasteiger charge is -2.39. The van der Waals surface area contributed by atoms with Gasteiger partial charge < -0.3 is 0 Å². The number of hydrogen-bond acceptors (Lipinski definition) is 0. The molecule has 70 valence electrons. The van der Waals surface area contributed by atoms with E-state index in [0.717, 1.165) is 23.7 Å². The molecule has 2 aliphatic carbocycles. The summed E-state index contributed by atoms with van der Waals surface area (Å²) < 4.78 is 0. The summed E-state index contributed by atoms with van der Waals surface area (Å²) in [6.07, 6.45) is 9.13. The highest BCUT2D eigenvalue weighted by Crippen LogP contribution is 2.48. The van der Waals surface area contributed by atoms with Crippen molar-refractivity contribution in [3.8, 4) is 0 Å². The molecule has 0 bridgehead atoms. The zero-order valence-electron chi connectivity index (χ0n) is 8.55. The fourth-order valence-corrected chi connectivity index (χ4v) is 3.51. The van der Waals surface area contributed by atoms with Crippen molar-refractivity contribution in [3.63, 3.8) is 0 Å². The van der Waals surface area contributed by atoms with E-state index in [9.17, 15) is 0 Å². The van der Waals surface area contributed by atoms with Crippen molar-refractivity contribution in [1.82, 2.24) is 0 Å². The van der Waals surface area contributed by atoms with Crippen molar-refractivity contribution >= 4 is 0 Å². The summed E-state index contributed by atoms with van der Waals surface area (Å²) in [4.78, 5) is 0. The Bertz CT molecular complexity index is 144. The van der Waals surface area contributed by atoms with Gasteiger partial charge in [-0.2, -0.15) is 0 Å². The van der Waals surface area contributed by atoms with Crippen molar-refractivity contribution in [2.45, 2.75) is 52.4 Å². The summed E-state index contributed by atoms with van der Waals surface area (Å²) in [6.45, 7) is 4.79. The molecule has 0 heteroatoms. The molecule has 2 saturated carbocycles. The first kappa shape index (κ1) is 8.59. The van der Waals surface area contributed by atoms with Gasteiger partial charge in [0.15, 0.2) is 0 Å². The van der Waals surface area contributed by atoms with Gasteiger partial charge in [0.1, 0.15) is 0 Å². The average molecular weight is 166 g/mol. The third kappa shape index (κ3) is 1.41. The van der Waals surface area contributed by atoms with E-state index in [4.69, 9.17) is 0 Å². The molecule has 0 spiro atoms. The maximum atomic E-state index is 2.41. The highest BCUT2D eigenvalue weighted by atomic mass is 14.4. The van der Waals surface area contributed by atoms with Crippen LogP contribution in [0, 0.1) is 23.7 Å². The van der Waals surface area contributed by atoms with Gasteiger partial charge in [-0.15, -0.1) is 0 Å². The van der Waals surface area contributed by atoms with Crippen LogP contribution in [0.4, 0.5) is 0 Å². The van der Waals surface area contributed by atoms with Crippen LogP contribution in [0.5, 0.6) is 0 Å². The number of rotatable bonds is 2. The van der Waals surface area contributed by atoms with Crippen molar-refractivity contribution in [3.05, 3.63) is 0 Å². The molecule has 0 amide bonds. The number of hydrogen-bond donors (Lipinski definition) is 0. The molecule has 12 heavy (non-hydrogen) atoms. The second-order valence-electron chi connectivity index (χ2n) is 5.10. The van der Waals surface area contributed by atoms with E-state index in [1.165, 1.54) is 19.3 Å². The molecule has 0 aliphatic heterocycles. The topological polar surface area (TPSA) is 0 Å². The van der Waals surface area contributed by atoms with Gasteiger partial charge in [-0.05, 0) is 42.9 Å². The van der Waals surface area contributed by atoms with Gasteiger partial charge in [0.05, 0.1) is 0 Å². The summed E-state index contributed by atoms with van der Waals surface area (Å²) in [5.74, 6) is 4.41. The molecule has 2 aliphatic rings. The van der Waals surface area contributed by atoms with Crippen molar-refractivity contribution in [2.75, 3.05) is 0 Å². The van der Waals surface area contributed by atoms with E-state index in [-0.39, 0.29) is 0 Å². The summed E-state index contributed by atoms with van der Waals surface area (Å²) >= 11 is 0. The quantitative estimate of drug-likeness (QED) is 0.584.